The highest BCUT2D eigenvalue weighted by molar-refractivity contribution is 9.10. The topological polar surface area (TPSA) is 64.3 Å². The summed E-state index contributed by atoms with van der Waals surface area (Å²) >= 11 is 15.3. The van der Waals surface area contributed by atoms with Crippen LogP contribution in [-0.2, 0) is 9.53 Å². The van der Waals surface area contributed by atoms with Crippen LogP contribution < -0.4 is 11.1 Å². The zero-order chi connectivity index (χ0) is 14.4. The minimum atomic E-state index is -0.603. The number of hydrogen-bond acceptors (Lipinski definition) is 3. The fraction of sp³-hybridized carbons (Fsp3) is 0.417. The molecule has 0 spiro atoms. The van der Waals surface area contributed by atoms with Gasteiger partial charge in [0.25, 0.3) is 0 Å². The highest BCUT2D eigenvalue weighted by Crippen LogP contribution is 2.35. The van der Waals surface area contributed by atoms with Crippen molar-refractivity contribution in [2.45, 2.75) is 18.9 Å². The predicted molar refractivity (Wildman–Crippen MR) is 81.9 cm³/mol. The number of carbonyl (C=O) groups excluding carboxylic acids is 1. The van der Waals surface area contributed by atoms with Crippen LogP contribution >= 0.6 is 39.1 Å². The molecule has 7 heteroatoms. The van der Waals surface area contributed by atoms with E-state index in [9.17, 15) is 4.79 Å². The van der Waals surface area contributed by atoms with Gasteiger partial charge >= 0.3 is 0 Å². The Labute approximate surface area is 130 Å². The standard InChI is InChI=1S/C12H15BrCl2N2O2/c1-19-6-2-3-8(16)12(18)17-9-5-4-7(13)10(14)11(9)15/h4-5,8H,2-3,6,16H2,1H3,(H,17,18). The molecule has 0 aliphatic carbocycles. The van der Waals surface area contributed by atoms with Gasteiger partial charge in [-0.05, 0) is 40.9 Å². The average Bonchev–Trinajstić information content (AvgIpc) is 2.39. The van der Waals surface area contributed by atoms with Crippen LogP contribution in [0.15, 0.2) is 16.6 Å². The van der Waals surface area contributed by atoms with Crippen molar-refractivity contribution >= 4 is 50.7 Å². The van der Waals surface area contributed by atoms with Crippen LogP contribution in [0.3, 0.4) is 0 Å². The lowest BCUT2D eigenvalue weighted by molar-refractivity contribution is -0.117. The van der Waals surface area contributed by atoms with E-state index in [1.54, 1.807) is 19.2 Å². The van der Waals surface area contributed by atoms with Gasteiger partial charge in [-0.25, -0.2) is 0 Å². The van der Waals surface area contributed by atoms with E-state index >= 15 is 0 Å². The Morgan fingerprint density at radius 3 is 2.79 bits per heavy atom. The average molecular weight is 370 g/mol. The molecule has 0 aliphatic heterocycles. The van der Waals surface area contributed by atoms with Gasteiger partial charge in [0, 0.05) is 18.2 Å². The van der Waals surface area contributed by atoms with E-state index < -0.39 is 6.04 Å². The third kappa shape index (κ3) is 4.93. The minimum absolute atomic E-state index is 0.286. The summed E-state index contributed by atoms with van der Waals surface area (Å²) in [5, 5.41) is 3.30. The van der Waals surface area contributed by atoms with Gasteiger partial charge in [0.15, 0.2) is 0 Å². The lowest BCUT2D eigenvalue weighted by Gasteiger charge is -2.13. The Morgan fingerprint density at radius 1 is 1.47 bits per heavy atom. The quantitative estimate of drug-likeness (QED) is 0.596. The number of benzene rings is 1. The number of anilines is 1. The third-order valence-electron chi connectivity index (χ3n) is 2.49. The SMILES string of the molecule is COCCCC(N)C(=O)Nc1ccc(Br)c(Cl)c1Cl. The van der Waals surface area contributed by atoms with Crippen LogP contribution in [-0.4, -0.2) is 25.7 Å². The molecule has 0 saturated heterocycles. The van der Waals surface area contributed by atoms with Gasteiger partial charge in [-0.15, -0.1) is 0 Å². The summed E-state index contributed by atoms with van der Waals surface area (Å²) in [6.45, 7) is 0.575. The molecule has 0 aliphatic rings. The number of nitrogens with one attached hydrogen (secondary N) is 1. The Kier molecular flexibility index (Phi) is 7.10. The Balaban J connectivity index is 2.64. The van der Waals surface area contributed by atoms with Crippen molar-refractivity contribution in [3.05, 3.63) is 26.7 Å². The molecule has 19 heavy (non-hydrogen) atoms. The van der Waals surface area contributed by atoms with Crippen molar-refractivity contribution in [1.82, 2.24) is 0 Å². The molecular weight excluding hydrogens is 355 g/mol. The van der Waals surface area contributed by atoms with Gasteiger partial charge in [-0.2, -0.15) is 0 Å². The summed E-state index contributed by atoms with van der Waals surface area (Å²) in [5.74, 6) is -0.295. The first-order chi connectivity index (χ1) is 8.97. The summed E-state index contributed by atoms with van der Waals surface area (Å²) in [5.41, 5.74) is 6.22. The number of methoxy groups -OCH3 is 1. The molecule has 1 rings (SSSR count). The number of amides is 1. The molecule has 3 N–H and O–H groups in total. The second-order valence-corrected chi connectivity index (χ2v) is 5.56. The minimum Gasteiger partial charge on any atom is -0.385 e. The van der Waals surface area contributed by atoms with Crippen molar-refractivity contribution in [2.24, 2.45) is 5.73 Å². The van der Waals surface area contributed by atoms with Gasteiger partial charge in [0.2, 0.25) is 5.91 Å². The molecule has 1 aromatic rings. The van der Waals surface area contributed by atoms with E-state index in [-0.39, 0.29) is 10.9 Å². The van der Waals surface area contributed by atoms with Crippen molar-refractivity contribution in [2.75, 3.05) is 19.0 Å². The monoisotopic (exact) mass is 368 g/mol. The van der Waals surface area contributed by atoms with E-state index in [1.165, 1.54) is 0 Å². The normalized spacial score (nSPS) is 12.3. The first-order valence-electron chi connectivity index (χ1n) is 5.66. The van der Waals surface area contributed by atoms with Crippen molar-refractivity contribution in [1.29, 1.82) is 0 Å². The Morgan fingerprint density at radius 2 is 2.16 bits per heavy atom. The number of ether oxygens (including phenoxy) is 1. The second-order valence-electron chi connectivity index (χ2n) is 3.95. The first-order valence-corrected chi connectivity index (χ1v) is 7.21. The Bertz CT molecular complexity index is 458. The van der Waals surface area contributed by atoms with E-state index in [0.29, 0.717) is 28.2 Å². The molecule has 0 radical (unpaired) electrons. The molecule has 0 bridgehead atoms. The summed E-state index contributed by atoms with van der Waals surface area (Å²) in [4.78, 5) is 11.9. The van der Waals surface area contributed by atoms with Crippen molar-refractivity contribution < 1.29 is 9.53 Å². The van der Waals surface area contributed by atoms with E-state index in [1.807, 2.05) is 0 Å². The lowest BCUT2D eigenvalue weighted by Crippen LogP contribution is -2.35. The van der Waals surface area contributed by atoms with Gasteiger partial charge in [0.05, 0.1) is 21.8 Å². The zero-order valence-electron chi connectivity index (χ0n) is 10.4. The number of carbonyl (C=O) groups is 1. The molecule has 1 amide bonds. The molecule has 1 aromatic carbocycles. The highest BCUT2D eigenvalue weighted by Gasteiger charge is 2.16. The van der Waals surface area contributed by atoms with Crippen LogP contribution in [0.1, 0.15) is 12.8 Å². The molecule has 4 nitrogen and oxygen atoms in total. The Hall–Kier alpha value is -0.330. The van der Waals surface area contributed by atoms with Crippen LogP contribution in [0, 0.1) is 0 Å². The maximum absolute atomic E-state index is 11.9. The predicted octanol–water partition coefficient (Wildman–Crippen LogP) is 3.45. The van der Waals surface area contributed by atoms with E-state index in [4.69, 9.17) is 33.7 Å². The molecule has 1 unspecified atom stereocenters. The summed E-state index contributed by atoms with van der Waals surface area (Å²) in [6, 6.07) is 2.77. The van der Waals surface area contributed by atoms with Gasteiger partial charge in [-0.1, -0.05) is 23.2 Å². The molecule has 1 atom stereocenters. The number of halogens is 3. The zero-order valence-corrected chi connectivity index (χ0v) is 13.5. The first kappa shape index (κ1) is 16.7. The van der Waals surface area contributed by atoms with E-state index in [0.717, 1.165) is 6.42 Å². The number of hydrogen-bond donors (Lipinski definition) is 2. The third-order valence-corrected chi connectivity index (χ3v) is 4.26. The molecule has 0 heterocycles. The largest absolute Gasteiger partial charge is 0.385 e. The summed E-state index contributed by atoms with van der Waals surface area (Å²) in [7, 11) is 1.61. The summed E-state index contributed by atoms with van der Waals surface area (Å²) < 4.78 is 5.58. The number of nitrogens with two attached hydrogens (primary N) is 1. The van der Waals surface area contributed by atoms with Gasteiger partial charge in [0.1, 0.15) is 0 Å². The van der Waals surface area contributed by atoms with Gasteiger partial charge < -0.3 is 15.8 Å². The lowest BCUT2D eigenvalue weighted by atomic mass is 10.1. The molecule has 0 saturated carbocycles. The number of rotatable bonds is 6. The molecular formula is C12H15BrCl2N2O2. The van der Waals surface area contributed by atoms with Crippen molar-refractivity contribution in [3.8, 4) is 0 Å². The van der Waals surface area contributed by atoms with Gasteiger partial charge in [-0.3, -0.25) is 4.79 Å². The van der Waals surface area contributed by atoms with Crippen LogP contribution in [0.5, 0.6) is 0 Å². The van der Waals surface area contributed by atoms with Crippen LogP contribution in [0.4, 0.5) is 5.69 Å². The molecule has 0 fully saturated rings. The summed E-state index contributed by atoms with van der Waals surface area (Å²) in [6.07, 6.45) is 1.27. The maximum Gasteiger partial charge on any atom is 0.241 e. The molecule has 0 aromatic heterocycles. The second kappa shape index (κ2) is 8.07. The fourth-order valence-electron chi connectivity index (χ4n) is 1.43. The van der Waals surface area contributed by atoms with Crippen LogP contribution in [0.2, 0.25) is 10.0 Å². The maximum atomic E-state index is 11.9. The van der Waals surface area contributed by atoms with Crippen LogP contribution in [0.25, 0.3) is 0 Å². The highest BCUT2D eigenvalue weighted by atomic mass is 79.9. The van der Waals surface area contributed by atoms with Crippen molar-refractivity contribution in [3.63, 3.8) is 0 Å². The fourth-order valence-corrected chi connectivity index (χ4v) is 2.25. The molecule has 106 valence electrons. The smallest absolute Gasteiger partial charge is 0.241 e. The van der Waals surface area contributed by atoms with E-state index in [2.05, 4.69) is 21.2 Å².